The van der Waals surface area contributed by atoms with Crippen molar-refractivity contribution in [3.8, 4) is 0 Å². The van der Waals surface area contributed by atoms with Gasteiger partial charge in [-0.2, -0.15) is 0 Å². The second kappa shape index (κ2) is 8.97. The first-order valence-corrected chi connectivity index (χ1v) is 5.14. The van der Waals surface area contributed by atoms with Crippen LogP contribution in [-0.4, -0.2) is 42.2 Å². The lowest BCUT2D eigenvalue weighted by molar-refractivity contribution is -0.305. The van der Waals surface area contributed by atoms with Gasteiger partial charge in [0.05, 0.1) is 25.6 Å². The SMILES string of the molecule is O=C([O-])CC(=O)OCCCCOC(=O)CC(=O)O. The van der Waals surface area contributed by atoms with Gasteiger partial charge in [-0.05, 0) is 12.8 Å². The molecular weight excluding hydrogens is 248 g/mol. The predicted octanol–water partition coefficient (Wildman–Crippen LogP) is -1.53. The Kier molecular flexibility index (Phi) is 7.91. The van der Waals surface area contributed by atoms with Crippen molar-refractivity contribution in [2.75, 3.05) is 13.2 Å². The topological polar surface area (TPSA) is 130 Å². The first-order chi connectivity index (χ1) is 8.41. The van der Waals surface area contributed by atoms with Crippen LogP contribution in [0.15, 0.2) is 0 Å². The van der Waals surface area contributed by atoms with E-state index in [0.717, 1.165) is 0 Å². The van der Waals surface area contributed by atoms with E-state index in [4.69, 9.17) is 5.11 Å². The zero-order valence-corrected chi connectivity index (χ0v) is 9.55. The summed E-state index contributed by atoms with van der Waals surface area (Å²) < 4.78 is 9.09. The molecule has 0 aliphatic rings. The molecule has 1 N–H and O–H groups in total. The highest BCUT2D eigenvalue weighted by Crippen LogP contribution is 1.95. The van der Waals surface area contributed by atoms with Crippen LogP contribution in [0.5, 0.6) is 0 Å². The highest BCUT2D eigenvalue weighted by Gasteiger charge is 2.08. The normalized spacial score (nSPS) is 9.56. The molecule has 0 spiro atoms. The number of carboxylic acids is 2. The van der Waals surface area contributed by atoms with Crippen LogP contribution in [0.25, 0.3) is 0 Å². The van der Waals surface area contributed by atoms with Crippen molar-refractivity contribution in [1.29, 1.82) is 0 Å². The molecule has 0 saturated carbocycles. The molecule has 0 unspecified atom stereocenters. The Hall–Kier alpha value is -2.12. The van der Waals surface area contributed by atoms with Gasteiger partial charge in [-0.15, -0.1) is 0 Å². The van der Waals surface area contributed by atoms with Crippen LogP contribution < -0.4 is 5.11 Å². The fourth-order valence-electron chi connectivity index (χ4n) is 0.920. The van der Waals surface area contributed by atoms with Crippen LogP contribution in [0.3, 0.4) is 0 Å². The fraction of sp³-hybridized carbons (Fsp3) is 0.600. The molecule has 0 radical (unpaired) electrons. The van der Waals surface area contributed by atoms with E-state index in [1.54, 1.807) is 0 Å². The lowest BCUT2D eigenvalue weighted by Crippen LogP contribution is -2.26. The molecule has 0 aromatic heterocycles. The van der Waals surface area contributed by atoms with Gasteiger partial charge < -0.3 is 24.5 Å². The van der Waals surface area contributed by atoms with Crippen LogP contribution in [-0.2, 0) is 28.7 Å². The van der Waals surface area contributed by atoms with Crippen LogP contribution >= 0.6 is 0 Å². The second-order valence-electron chi connectivity index (χ2n) is 3.27. The molecule has 8 nitrogen and oxygen atoms in total. The van der Waals surface area contributed by atoms with Crippen molar-refractivity contribution in [3.63, 3.8) is 0 Å². The molecule has 0 aromatic carbocycles. The molecule has 0 saturated heterocycles. The van der Waals surface area contributed by atoms with E-state index in [1.165, 1.54) is 0 Å². The Morgan fingerprint density at radius 2 is 1.33 bits per heavy atom. The molecule has 0 rings (SSSR count). The summed E-state index contributed by atoms with van der Waals surface area (Å²) in [6.07, 6.45) is -0.739. The van der Waals surface area contributed by atoms with Crippen molar-refractivity contribution in [2.45, 2.75) is 25.7 Å². The molecule has 8 heteroatoms. The van der Waals surface area contributed by atoms with E-state index in [-0.39, 0.29) is 13.2 Å². The van der Waals surface area contributed by atoms with Gasteiger partial charge in [0.1, 0.15) is 6.42 Å². The minimum Gasteiger partial charge on any atom is -0.550 e. The van der Waals surface area contributed by atoms with Crippen LogP contribution in [0, 0.1) is 0 Å². The summed E-state index contributed by atoms with van der Waals surface area (Å²) in [5.74, 6) is -4.51. The molecule has 0 aliphatic carbocycles. The second-order valence-corrected chi connectivity index (χ2v) is 3.27. The average Bonchev–Trinajstić information content (AvgIpc) is 2.20. The van der Waals surface area contributed by atoms with Gasteiger partial charge in [0, 0.05) is 0 Å². The third-order valence-corrected chi connectivity index (χ3v) is 1.65. The quantitative estimate of drug-likeness (QED) is 0.300. The predicted molar refractivity (Wildman–Crippen MR) is 53.0 cm³/mol. The third-order valence-electron chi connectivity index (χ3n) is 1.65. The minimum absolute atomic E-state index is 0.00257. The molecule has 0 aromatic rings. The fourth-order valence-corrected chi connectivity index (χ4v) is 0.920. The molecule has 18 heavy (non-hydrogen) atoms. The zero-order chi connectivity index (χ0) is 14.0. The number of hydrogen-bond acceptors (Lipinski definition) is 7. The van der Waals surface area contributed by atoms with Gasteiger partial charge in [-0.3, -0.25) is 14.4 Å². The van der Waals surface area contributed by atoms with Crippen LogP contribution in [0.4, 0.5) is 0 Å². The van der Waals surface area contributed by atoms with E-state index in [2.05, 4.69) is 9.47 Å². The van der Waals surface area contributed by atoms with Gasteiger partial charge in [0.25, 0.3) is 0 Å². The van der Waals surface area contributed by atoms with E-state index in [1.807, 2.05) is 0 Å². The monoisotopic (exact) mass is 261 g/mol. The summed E-state index contributed by atoms with van der Waals surface area (Å²) in [5.41, 5.74) is 0. The van der Waals surface area contributed by atoms with E-state index < -0.39 is 36.7 Å². The van der Waals surface area contributed by atoms with Gasteiger partial charge in [0.15, 0.2) is 0 Å². The highest BCUT2D eigenvalue weighted by atomic mass is 16.5. The van der Waals surface area contributed by atoms with E-state index in [9.17, 15) is 24.3 Å². The van der Waals surface area contributed by atoms with Gasteiger partial charge in [0.2, 0.25) is 0 Å². The maximum Gasteiger partial charge on any atom is 0.317 e. The number of carbonyl (C=O) groups is 4. The van der Waals surface area contributed by atoms with Crippen molar-refractivity contribution >= 4 is 23.9 Å². The van der Waals surface area contributed by atoms with E-state index in [0.29, 0.717) is 12.8 Å². The molecule has 0 aliphatic heterocycles. The minimum atomic E-state index is -1.51. The molecule has 0 heterocycles. The number of hydrogen-bond donors (Lipinski definition) is 1. The largest absolute Gasteiger partial charge is 0.550 e. The summed E-state index contributed by atoms with van der Waals surface area (Å²) >= 11 is 0. The lowest BCUT2D eigenvalue weighted by atomic mass is 10.3. The average molecular weight is 261 g/mol. The Morgan fingerprint density at radius 1 is 0.889 bits per heavy atom. The van der Waals surface area contributed by atoms with Gasteiger partial charge in [-0.1, -0.05) is 0 Å². The van der Waals surface area contributed by atoms with Crippen molar-refractivity contribution in [1.82, 2.24) is 0 Å². The van der Waals surface area contributed by atoms with E-state index >= 15 is 0 Å². The first kappa shape index (κ1) is 15.9. The number of ether oxygens (including phenoxy) is 2. The standard InChI is InChI=1S/C10H14O8/c11-7(12)5-9(15)17-3-1-2-4-18-10(16)6-8(13)14/h1-6H2,(H,11,12)(H,13,14)/p-1. The van der Waals surface area contributed by atoms with Crippen LogP contribution in [0.2, 0.25) is 0 Å². The number of carbonyl (C=O) groups excluding carboxylic acids is 3. The molecule has 0 fully saturated rings. The first-order valence-electron chi connectivity index (χ1n) is 5.14. The Bertz CT molecular complexity index is 290. The number of aliphatic carboxylic acids is 2. The summed E-state index contributed by atoms with van der Waals surface area (Å²) in [6.45, 7) is 0.0206. The lowest BCUT2D eigenvalue weighted by Gasteiger charge is -2.05. The smallest absolute Gasteiger partial charge is 0.317 e. The summed E-state index contributed by atoms with van der Waals surface area (Å²) in [7, 11) is 0. The highest BCUT2D eigenvalue weighted by molar-refractivity contribution is 5.90. The maximum absolute atomic E-state index is 10.8. The Labute approximate surface area is 102 Å². The van der Waals surface area contributed by atoms with Gasteiger partial charge >= 0.3 is 17.9 Å². The van der Waals surface area contributed by atoms with Crippen molar-refractivity contribution in [2.24, 2.45) is 0 Å². The maximum atomic E-state index is 10.8. The molecule has 0 bridgehead atoms. The Morgan fingerprint density at radius 3 is 1.72 bits per heavy atom. The van der Waals surface area contributed by atoms with Crippen molar-refractivity contribution in [3.05, 3.63) is 0 Å². The molecular formula is C10H13O8-. The van der Waals surface area contributed by atoms with Gasteiger partial charge in [-0.25, -0.2) is 0 Å². The molecule has 0 atom stereocenters. The number of esters is 2. The zero-order valence-electron chi connectivity index (χ0n) is 9.55. The Balaban J connectivity index is 3.41. The van der Waals surface area contributed by atoms with Crippen molar-refractivity contribution < 1.29 is 38.9 Å². The molecule has 0 amide bonds. The molecule has 102 valence electrons. The summed E-state index contributed by atoms with van der Waals surface area (Å²) in [5, 5.41) is 18.2. The third kappa shape index (κ3) is 10.4. The summed E-state index contributed by atoms with van der Waals surface area (Å²) in [6, 6.07) is 0. The van der Waals surface area contributed by atoms with Crippen LogP contribution in [0.1, 0.15) is 25.7 Å². The number of rotatable bonds is 9. The number of unbranched alkanes of at least 4 members (excludes halogenated alkanes) is 1. The summed E-state index contributed by atoms with van der Waals surface area (Å²) in [4.78, 5) is 41.6. The number of carboxylic acid groups (broad SMARTS) is 2.